The van der Waals surface area contributed by atoms with E-state index in [1.54, 1.807) is 12.1 Å². The van der Waals surface area contributed by atoms with Gasteiger partial charge in [0, 0.05) is 38.5 Å². The van der Waals surface area contributed by atoms with E-state index in [1.165, 1.54) is 43.9 Å². The molecule has 0 bridgehead atoms. The molecule has 1 atom stereocenters. The molecule has 0 radical (unpaired) electrons. The van der Waals surface area contributed by atoms with E-state index in [-0.39, 0.29) is 24.8 Å². The number of halogens is 2. The quantitative estimate of drug-likeness (QED) is 0.828. The van der Waals surface area contributed by atoms with Gasteiger partial charge in [-0.25, -0.2) is 8.42 Å². The Hall–Kier alpha value is -0.330. The van der Waals surface area contributed by atoms with Crippen molar-refractivity contribution < 1.29 is 8.42 Å². The lowest BCUT2D eigenvalue weighted by Crippen LogP contribution is -2.47. The first kappa shape index (κ1) is 22.7. The summed E-state index contributed by atoms with van der Waals surface area (Å²) in [6, 6.07) is 8.08. The highest BCUT2D eigenvalue weighted by molar-refractivity contribution is 7.90. The number of piperazine rings is 1. The third-order valence-electron chi connectivity index (χ3n) is 5.29. The highest BCUT2D eigenvalue weighted by atomic mass is 35.5. The van der Waals surface area contributed by atoms with Crippen LogP contribution in [0.5, 0.6) is 0 Å². The van der Waals surface area contributed by atoms with Crippen molar-refractivity contribution in [1.29, 1.82) is 0 Å². The average Bonchev–Trinajstić information content (AvgIpc) is 2.57. The van der Waals surface area contributed by atoms with Gasteiger partial charge < -0.3 is 5.32 Å². The number of rotatable bonds is 4. The predicted octanol–water partition coefficient (Wildman–Crippen LogP) is 3.46. The SMILES string of the molecule is CS(=O)(=O)c1ccc([C@@H](C2CCCCC2)N2CCNCC2)cc1.Cl.Cl. The number of nitrogens with zero attached hydrogens (tertiary/aromatic N) is 1. The van der Waals surface area contributed by atoms with Crippen molar-refractivity contribution in [2.75, 3.05) is 32.4 Å². The van der Waals surface area contributed by atoms with Gasteiger partial charge in [-0.2, -0.15) is 0 Å². The third kappa shape index (κ3) is 5.83. The van der Waals surface area contributed by atoms with Crippen LogP contribution in [0.1, 0.15) is 43.7 Å². The van der Waals surface area contributed by atoms with Crippen LogP contribution < -0.4 is 5.32 Å². The molecular weight excluding hydrogens is 379 g/mol. The van der Waals surface area contributed by atoms with Gasteiger partial charge in [0.25, 0.3) is 0 Å². The van der Waals surface area contributed by atoms with Crippen molar-refractivity contribution in [3.8, 4) is 0 Å². The summed E-state index contributed by atoms with van der Waals surface area (Å²) in [6.45, 7) is 4.25. The molecule has 1 N–H and O–H groups in total. The minimum Gasteiger partial charge on any atom is -0.314 e. The Kier molecular flexibility index (Phi) is 9.19. The van der Waals surface area contributed by atoms with Crippen LogP contribution >= 0.6 is 24.8 Å². The van der Waals surface area contributed by atoms with Crippen molar-refractivity contribution >= 4 is 34.7 Å². The number of hydrogen-bond donors (Lipinski definition) is 1. The Bertz CT molecular complexity index is 592. The Balaban J connectivity index is 0.00000156. The monoisotopic (exact) mass is 408 g/mol. The lowest BCUT2D eigenvalue weighted by atomic mass is 9.80. The molecule has 1 saturated carbocycles. The molecule has 2 fully saturated rings. The topological polar surface area (TPSA) is 49.4 Å². The van der Waals surface area contributed by atoms with Gasteiger partial charge in [-0.3, -0.25) is 4.90 Å². The molecule has 1 aromatic carbocycles. The van der Waals surface area contributed by atoms with Crippen LogP contribution in [0.3, 0.4) is 0 Å². The maximum absolute atomic E-state index is 11.7. The van der Waals surface area contributed by atoms with Crippen molar-refractivity contribution in [1.82, 2.24) is 10.2 Å². The molecule has 3 rings (SSSR count). The van der Waals surface area contributed by atoms with Gasteiger partial charge in [-0.15, -0.1) is 24.8 Å². The third-order valence-corrected chi connectivity index (χ3v) is 6.42. The van der Waals surface area contributed by atoms with Gasteiger partial charge in [0.15, 0.2) is 9.84 Å². The average molecular weight is 409 g/mol. The summed E-state index contributed by atoms with van der Waals surface area (Å²) >= 11 is 0. The molecule has 0 amide bonds. The zero-order valence-electron chi connectivity index (χ0n) is 14.8. The van der Waals surface area contributed by atoms with Gasteiger partial charge in [0.1, 0.15) is 0 Å². The predicted molar refractivity (Wildman–Crippen MR) is 108 cm³/mol. The molecule has 0 unspecified atom stereocenters. The Morgan fingerprint density at radius 3 is 2.08 bits per heavy atom. The summed E-state index contributed by atoms with van der Waals surface area (Å²) in [5, 5.41) is 3.43. The zero-order chi connectivity index (χ0) is 16.3. The van der Waals surface area contributed by atoms with E-state index >= 15 is 0 Å². The fourth-order valence-corrected chi connectivity index (χ4v) is 4.73. The number of sulfone groups is 1. The molecule has 0 aromatic heterocycles. The smallest absolute Gasteiger partial charge is 0.175 e. The maximum Gasteiger partial charge on any atom is 0.175 e. The second kappa shape index (κ2) is 10.1. The summed E-state index contributed by atoms with van der Waals surface area (Å²) in [5.74, 6) is 0.700. The van der Waals surface area contributed by atoms with Crippen LogP contribution in [-0.4, -0.2) is 45.8 Å². The fraction of sp³-hybridized carbons (Fsp3) is 0.667. The van der Waals surface area contributed by atoms with E-state index in [2.05, 4.69) is 10.2 Å². The second-order valence-corrected chi connectivity index (χ2v) is 8.99. The van der Waals surface area contributed by atoms with Crippen molar-refractivity contribution in [3.63, 3.8) is 0 Å². The largest absolute Gasteiger partial charge is 0.314 e. The molecule has 1 aliphatic heterocycles. The summed E-state index contributed by atoms with van der Waals surface area (Å²) < 4.78 is 23.4. The van der Waals surface area contributed by atoms with Crippen LogP contribution in [0.4, 0.5) is 0 Å². The Morgan fingerprint density at radius 1 is 1.00 bits per heavy atom. The summed E-state index contributed by atoms with van der Waals surface area (Å²) in [7, 11) is -3.12. The van der Waals surface area contributed by atoms with Crippen molar-refractivity contribution in [3.05, 3.63) is 29.8 Å². The lowest BCUT2D eigenvalue weighted by molar-refractivity contribution is 0.103. The molecule has 144 valence electrons. The van der Waals surface area contributed by atoms with E-state index in [0.29, 0.717) is 16.9 Å². The van der Waals surface area contributed by atoms with E-state index < -0.39 is 9.84 Å². The number of benzene rings is 1. The second-order valence-electron chi connectivity index (χ2n) is 6.97. The van der Waals surface area contributed by atoms with E-state index in [1.807, 2.05) is 12.1 Å². The zero-order valence-corrected chi connectivity index (χ0v) is 17.3. The van der Waals surface area contributed by atoms with Gasteiger partial charge in [0.2, 0.25) is 0 Å². The minimum atomic E-state index is -3.12. The van der Waals surface area contributed by atoms with Crippen molar-refractivity contribution in [2.24, 2.45) is 5.92 Å². The van der Waals surface area contributed by atoms with E-state index in [9.17, 15) is 8.42 Å². The lowest BCUT2D eigenvalue weighted by Gasteiger charge is -2.41. The standard InChI is InChI=1S/C18H28N2O2S.2ClH/c1-23(21,22)17-9-7-16(8-10-17)18(15-5-3-2-4-6-15)20-13-11-19-12-14-20;;/h7-10,15,18-19H,2-6,11-14H2,1H3;2*1H/t18-;;/m1../s1. The molecule has 4 nitrogen and oxygen atoms in total. The van der Waals surface area contributed by atoms with E-state index in [4.69, 9.17) is 0 Å². The van der Waals surface area contributed by atoms with E-state index in [0.717, 1.165) is 26.2 Å². The number of nitrogens with one attached hydrogen (secondary N) is 1. The summed E-state index contributed by atoms with van der Waals surface area (Å²) in [5.41, 5.74) is 1.28. The molecule has 1 aromatic rings. The highest BCUT2D eigenvalue weighted by Crippen LogP contribution is 2.38. The number of hydrogen-bond acceptors (Lipinski definition) is 4. The van der Waals surface area contributed by atoms with Gasteiger partial charge >= 0.3 is 0 Å². The van der Waals surface area contributed by atoms with Crippen LogP contribution in [0, 0.1) is 5.92 Å². The first-order valence-corrected chi connectivity index (χ1v) is 10.7. The highest BCUT2D eigenvalue weighted by Gasteiger charge is 2.30. The molecule has 0 spiro atoms. The Morgan fingerprint density at radius 2 is 1.56 bits per heavy atom. The molecule has 1 heterocycles. The van der Waals surface area contributed by atoms with Crippen LogP contribution in [0.2, 0.25) is 0 Å². The van der Waals surface area contributed by atoms with Gasteiger partial charge in [-0.05, 0) is 36.5 Å². The molecule has 1 aliphatic carbocycles. The summed E-state index contributed by atoms with van der Waals surface area (Å²) in [4.78, 5) is 3.02. The molecule has 2 aliphatic rings. The molecule has 25 heavy (non-hydrogen) atoms. The Labute approximate surface area is 164 Å². The first-order chi connectivity index (χ1) is 11.1. The molecule has 1 saturated heterocycles. The molecular formula is C18H30Cl2N2O2S. The van der Waals surface area contributed by atoms with Gasteiger partial charge in [0.05, 0.1) is 4.90 Å². The maximum atomic E-state index is 11.7. The van der Waals surface area contributed by atoms with Gasteiger partial charge in [-0.1, -0.05) is 31.4 Å². The van der Waals surface area contributed by atoms with Crippen LogP contribution in [0.25, 0.3) is 0 Å². The van der Waals surface area contributed by atoms with Crippen LogP contribution in [-0.2, 0) is 9.84 Å². The van der Waals surface area contributed by atoms with Crippen molar-refractivity contribution in [2.45, 2.75) is 43.0 Å². The van der Waals surface area contributed by atoms with Crippen LogP contribution in [0.15, 0.2) is 29.2 Å². The minimum absolute atomic E-state index is 0. The normalized spacial score (nSPS) is 21.0. The summed E-state index contributed by atoms with van der Waals surface area (Å²) in [6.07, 6.45) is 7.88. The fourth-order valence-electron chi connectivity index (χ4n) is 4.10. The first-order valence-electron chi connectivity index (χ1n) is 8.80. The molecule has 7 heteroatoms.